The summed E-state index contributed by atoms with van der Waals surface area (Å²) in [5.41, 5.74) is -0.174. The highest BCUT2D eigenvalue weighted by Gasteiger charge is 2.48. The topological polar surface area (TPSA) is 85.1 Å². The predicted octanol–water partition coefficient (Wildman–Crippen LogP) is 4.77. The molecular weight excluding hydrogens is 516 g/mol. The summed E-state index contributed by atoms with van der Waals surface area (Å²) in [5.74, 6) is -0.972. The monoisotopic (exact) mass is 538 g/mol. The summed E-state index contributed by atoms with van der Waals surface area (Å²) >= 11 is 6.28. The van der Waals surface area contributed by atoms with Crippen molar-refractivity contribution in [3.8, 4) is 0 Å². The second-order valence-corrected chi connectivity index (χ2v) is 8.82. The SMILES string of the molecule is C=C(/C(Cl)=C\C(=C/C)NC(=O)C1=C(C(F)(F)F)B(c2cnc(CCC)c3ccccc23)N=C1)n1nccn1. The van der Waals surface area contributed by atoms with E-state index in [2.05, 4.69) is 32.0 Å². The first kappa shape index (κ1) is 27.1. The third-order valence-electron chi connectivity index (χ3n) is 5.94. The van der Waals surface area contributed by atoms with Crippen LogP contribution in [0, 0.1) is 0 Å². The van der Waals surface area contributed by atoms with E-state index in [1.807, 2.05) is 19.1 Å². The molecule has 0 radical (unpaired) electrons. The van der Waals surface area contributed by atoms with Gasteiger partial charge in [0.25, 0.3) is 5.91 Å². The average Bonchev–Trinajstić information content (AvgIpc) is 3.59. The normalized spacial score (nSPS) is 14.5. The fourth-order valence-electron chi connectivity index (χ4n) is 4.15. The van der Waals surface area contributed by atoms with Crippen molar-refractivity contribution in [3.05, 3.63) is 89.1 Å². The van der Waals surface area contributed by atoms with Crippen molar-refractivity contribution in [2.75, 3.05) is 0 Å². The number of aryl methyl sites for hydroxylation is 1. The molecule has 1 aliphatic heterocycles. The summed E-state index contributed by atoms with van der Waals surface area (Å²) < 4.78 is 43.2. The molecule has 12 heteroatoms. The summed E-state index contributed by atoms with van der Waals surface area (Å²) in [6, 6.07) is 7.16. The van der Waals surface area contributed by atoms with E-state index in [9.17, 15) is 18.0 Å². The molecule has 1 amide bonds. The van der Waals surface area contributed by atoms with Crippen molar-refractivity contribution < 1.29 is 18.0 Å². The Bertz CT molecular complexity index is 1510. The fourth-order valence-corrected chi connectivity index (χ4v) is 4.35. The van der Waals surface area contributed by atoms with Crippen molar-refractivity contribution in [2.45, 2.75) is 32.9 Å². The molecule has 0 unspecified atom stereocenters. The summed E-state index contributed by atoms with van der Waals surface area (Å²) in [7, 11) is 0. The smallest absolute Gasteiger partial charge is 0.335 e. The van der Waals surface area contributed by atoms with Gasteiger partial charge in [0.15, 0.2) is 0 Å². The molecule has 0 fully saturated rings. The highest BCUT2D eigenvalue weighted by atomic mass is 35.5. The van der Waals surface area contributed by atoms with Gasteiger partial charge in [0, 0.05) is 34.7 Å². The number of halogens is 4. The minimum absolute atomic E-state index is 0.0855. The van der Waals surface area contributed by atoms with Crippen LogP contribution in [0.2, 0.25) is 0 Å². The number of hydrogen-bond acceptors (Lipinski definition) is 5. The summed E-state index contributed by atoms with van der Waals surface area (Å²) in [4.78, 5) is 22.8. The molecule has 3 aromatic rings. The highest BCUT2D eigenvalue weighted by molar-refractivity contribution is 6.83. The Morgan fingerprint density at radius 3 is 2.53 bits per heavy atom. The molecule has 0 saturated heterocycles. The maximum absolute atomic E-state index is 14.4. The number of amides is 1. The number of benzene rings is 1. The van der Waals surface area contributed by atoms with Gasteiger partial charge in [-0.1, -0.05) is 61.9 Å². The van der Waals surface area contributed by atoms with Gasteiger partial charge in [-0.15, -0.1) is 0 Å². The minimum atomic E-state index is -4.82. The number of rotatable bonds is 8. The number of pyridine rings is 1. The van der Waals surface area contributed by atoms with Crippen molar-refractivity contribution in [3.63, 3.8) is 0 Å². The molecular formula is C26H23BClF3N6O. The van der Waals surface area contributed by atoms with Crippen LogP contribution in [-0.2, 0) is 11.2 Å². The molecule has 7 nitrogen and oxygen atoms in total. The first-order chi connectivity index (χ1) is 18.2. The van der Waals surface area contributed by atoms with Gasteiger partial charge in [-0.25, -0.2) is 0 Å². The maximum Gasteiger partial charge on any atom is 0.408 e. The molecule has 194 valence electrons. The maximum atomic E-state index is 14.4. The van der Waals surface area contributed by atoms with Gasteiger partial charge in [-0.05, 0) is 30.3 Å². The zero-order valence-corrected chi connectivity index (χ0v) is 21.4. The molecule has 1 N–H and O–H groups in total. The van der Waals surface area contributed by atoms with Gasteiger partial charge in [0.05, 0.1) is 28.7 Å². The second-order valence-electron chi connectivity index (χ2n) is 8.42. The lowest BCUT2D eigenvalue weighted by Gasteiger charge is -2.17. The standard InChI is InChI=1S/C26H23BClF3N6O/c1-4-8-23-19-10-7-6-9-18(19)21(15-32-23)27-24(26(29,30)31)20(14-33-27)25(38)36-17(5-2)13-22(28)16(3)37-34-11-12-35-37/h5-7,9-15H,3-4,8H2,1-2H3,(H,36,38)/b17-5+,22-13+. The zero-order valence-electron chi connectivity index (χ0n) is 20.6. The van der Waals surface area contributed by atoms with Crippen LogP contribution in [0.15, 0.2) is 88.3 Å². The second kappa shape index (κ2) is 11.2. The van der Waals surface area contributed by atoms with Gasteiger partial charge in [0.1, 0.15) is 0 Å². The Morgan fingerprint density at radius 2 is 1.89 bits per heavy atom. The van der Waals surface area contributed by atoms with E-state index in [0.29, 0.717) is 11.8 Å². The van der Waals surface area contributed by atoms with E-state index < -0.39 is 30.0 Å². The quantitative estimate of drug-likeness (QED) is 0.331. The van der Waals surface area contributed by atoms with Crippen LogP contribution in [0.5, 0.6) is 0 Å². The third kappa shape index (κ3) is 5.47. The number of carbonyl (C=O) groups is 1. The van der Waals surface area contributed by atoms with Crippen LogP contribution >= 0.6 is 11.6 Å². The Hall–Kier alpha value is -3.99. The van der Waals surface area contributed by atoms with Gasteiger partial charge in [-0.3, -0.25) is 9.78 Å². The number of aromatic nitrogens is 4. The van der Waals surface area contributed by atoms with Crippen LogP contribution in [0.1, 0.15) is 26.0 Å². The Kier molecular flexibility index (Phi) is 7.96. The van der Waals surface area contributed by atoms with Crippen molar-refractivity contribution in [1.29, 1.82) is 0 Å². The third-order valence-corrected chi connectivity index (χ3v) is 6.27. The van der Waals surface area contributed by atoms with E-state index in [0.717, 1.165) is 23.7 Å². The summed E-state index contributed by atoms with van der Waals surface area (Å²) in [6.07, 6.45) is 4.82. The van der Waals surface area contributed by atoms with Crippen molar-refractivity contribution in [1.82, 2.24) is 25.3 Å². The molecule has 2 aromatic heterocycles. The van der Waals surface area contributed by atoms with Crippen LogP contribution in [0.25, 0.3) is 16.5 Å². The lowest BCUT2D eigenvalue weighted by molar-refractivity contribution is -0.117. The fraction of sp³-hybridized carbons (Fsp3) is 0.192. The molecule has 1 aliphatic rings. The molecule has 3 heterocycles. The highest BCUT2D eigenvalue weighted by Crippen LogP contribution is 2.34. The number of nitrogens with zero attached hydrogens (tertiary/aromatic N) is 5. The largest absolute Gasteiger partial charge is 0.408 e. The van der Waals surface area contributed by atoms with Gasteiger partial charge in [-0.2, -0.15) is 28.2 Å². The Balaban J connectivity index is 1.69. The molecule has 0 atom stereocenters. The molecule has 38 heavy (non-hydrogen) atoms. The van der Waals surface area contributed by atoms with E-state index in [1.54, 1.807) is 19.1 Å². The zero-order chi connectivity index (χ0) is 27.4. The molecule has 1 aromatic carbocycles. The van der Waals surface area contributed by atoms with Crippen LogP contribution in [-0.4, -0.2) is 45.1 Å². The van der Waals surface area contributed by atoms with Gasteiger partial charge < -0.3 is 10.2 Å². The molecule has 0 aliphatic carbocycles. The summed E-state index contributed by atoms with van der Waals surface area (Å²) in [6.45, 7) is 5.97. The minimum Gasteiger partial charge on any atom is -0.335 e. The van der Waals surface area contributed by atoms with Gasteiger partial charge >= 0.3 is 13.0 Å². The number of carbonyl (C=O) groups excluding carboxylic acids is 1. The van der Waals surface area contributed by atoms with E-state index in [1.165, 1.54) is 35.5 Å². The van der Waals surface area contributed by atoms with E-state index in [4.69, 9.17) is 11.6 Å². The lowest BCUT2D eigenvalue weighted by atomic mass is 9.50. The predicted molar refractivity (Wildman–Crippen MR) is 144 cm³/mol. The lowest BCUT2D eigenvalue weighted by Crippen LogP contribution is -2.38. The molecule has 0 saturated carbocycles. The Morgan fingerprint density at radius 1 is 1.21 bits per heavy atom. The first-order valence-corrected chi connectivity index (χ1v) is 12.1. The number of allylic oxidation sites excluding steroid dienone is 5. The molecule has 0 spiro atoms. The number of alkyl halides is 3. The van der Waals surface area contributed by atoms with Crippen molar-refractivity contribution >= 4 is 52.5 Å². The Labute approximate surface area is 222 Å². The van der Waals surface area contributed by atoms with Crippen LogP contribution in [0.4, 0.5) is 13.2 Å². The van der Waals surface area contributed by atoms with E-state index in [-0.39, 0.29) is 21.9 Å². The number of fused-ring (bicyclic) bond motifs is 1. The molecule has 0 bridgehead atoms. The van der Waals surface area contributed by atoms with Gasteiger partial charge in [0.2, 0.25) is 0 Å². The number of nitrogens with one attached hydrogen (secondary N) is 1. The molecule has 4 rings (SSSR count). The first-order valence-electron chi connectivity index (χ1n) is 11.8. The summed E-state index contributed by atoms with van der Waals surface area (Å²) in [5, 5.41) is 11.8. The van der Waals surface area contributed by atoms with Crippen LogP contribution < -0.4 is 10.8 Å². The van der Waals surface area contributed by atoms with E-state index >= 15 is 0 Å². The van der Waals surface area contributed by atoms with Crippen molar-refractivity contribution in [2.24, 2.45) is 4.90 Å². The van der Waals surface area contributed by atoms with Crippen LogP contribution in [0.3, 0.4) is 0 Å². The average molecular weight is 539 g/mol. The number of hydrogen-bond donors (Lipinski definition) is 1.